The minimum atomic E-state index is -0.588. The van der Waals surface area contributed by atoms with Gasteiger partial charge < -0.3 is 15.7 Å². The molecular formula is C13H26N2O3S. The molecule has 0 rings (SSSR count). The fourth-order valence-corrected chi connectivity index (χ4v) is 1.98. The maximum atomic E-state index is 11.9. The Hall–Kier alpha value is -0.750. The van der Waals surface area contributed by atoms with Crippen LogP contribution < -0.4 is 10.6 Å². The first-order valence-electron chi connectivity index (χ1n) is 6.38. The van der Waals surface area contributed by atoms with Gasteiger partial charge in [0.15, 0.2) is 0 Å². The molecule has 0 aromatic rings. The number of rotatable bonds is 6. The fourth-order valence-electron chi connectivity index (χ4n) is 1.36. The number of carbonyl (C=O) groups is 2. The zero-order valence-corrected chi connectivity index (χ0v) is 13.4. The van der Waals surface area contributed by atoms with E-state index in [1.807, 2.05) is 13.2 Å². The van der Waals surface area contributed by atoms with Crippen molar-refractivity contribution in [1.82, 2.24) is 10.6 Å². The van der Waals surface area contributed by atoms with Crippen LogP contribution in [-0.4, -0.2) is 47.1 Å². The SMILES string of the molecule is CSC(CO)C(C)NC(=O)C(C)NC(=O)C(C)(C)C. The molecule has 19 heavy (non-hydrogen) atoms. The number of amides is 2. The van der Waals surface area contributed by atoms with Gasteiger partial charge >= 0.3 is 0 Å². The van der Waals surface area contributed by atoms with Gasteiger partial charge in [-0.05, 0) is 20.1 Å². The summed E-state index contributed by atoms with van der Waals surface area (Å²) in [7, 11) is 0. The Balaban J connectivity index is 4.39. The van der Waals surface area contributed by atoms with Gasteiger partial charge in [0.05, 0.1) is 6.61 Å². The zero-order valence-electron chi connectivity index (χ0n) is 12.6. The summed E-state index contributed by atoms with van der Waals surface area (Å²) in [5.74, 6) is -0.399. The van der Waals surface area contributed by atoms with Crippen molar-refractivity contribution in [2.45, 2.75) is 52.0 Å². The molecule has 6 heteroatoms. The number of hydrogen-bond acceptors (Lipinski definition) is 4. The molecule has 5 nitrogen and oxygen atoms in total. The number of aliphatic hydroxyl groups excluding tert-OH is 1. The van der Waals surface area contributed by atoms with Gasteiger partial charge in [0.2, 0.25) is 11.8 Å². The van der Waals surface area contributed by atoms with Gasteiger partial charge in [-0.25, -0.2) is 0 Å². The van der Waals surface area contributed by atoms with Crippen LogP contribution in [0.15, 0.2) is 0 Å². The van der Waals surface area contributed by atoms with Crippen LogP contribution in [0, 0.1) is 5.41 Å². The Labute approximate surface area is 119 Å². The van der Waals surface area contributed by atoms with Crippen LogP contribution in [0.25, 0.3) is 0 Å². The van der Waals surface area contributed by atoms with E-state index in [4.69, 9.17) is 5.11 Å². The average Bonchev–Trinajstić information content (AvgIpc) is 2.28. The summed E-state index contributed by atoms with van der Waals surface area (Å²) >= 11 is 1.50. The number of carbonyl (C=O) groups excluding carboxylic acids is 2. The molecular weight excluding hydrogens is 264 g/mol. The Bertz CT molecular complexity index is 312. The molecule has 0 radical (unpaired) electrons. The third-order valence-corrected chi connectivity index (χ3v) is 4.00. The van der Waals surface area contributed by atoms with E-state index in [2.05, 4.69) is 10.6 Å². The summed E-state index contributed by atoms with van der Waals surface area (Å²) in [5.41, 5.74) is -0.521. The molecule has 0 aromatic heterocycles. The monoisotopic (exact) mass is 290 g/mol. The second-order valence-electron chi connectivity index (χ2n) is 5.70. The van der Waals surface area contributed by atoms with Crippen molar-refractivity contribution in [2.24, 2.45) is 5.41 Å². The highest BCUT2D eigenvalue weighted by atomic mass is 32.2. The van der Waals surface area contributed by atoms with Gasteiger partial charge in [0.1, 0.15) is 6.04 Å². The second-order valence-corrected chi connectivity index (χ2v) is 6.78. The van der Waals surface area contributed by atoms with Crippen LogP contribution in [0.4, 0.5) is 0 Å². The Kier molecular flexibility index (Phi) is 7.44. The molecule has 112 valence electrons. The van der Waals surface area contributed by atoms with Crippen molar-refractivity contribution in [3.63, 3.8) is 0 Å². The van der Waals surface area contributed by atoms with Gasteiger partial charge in [-0.1, -0.05) is 20.8 Å². The summed E-state index contributed by atoms with van der Waals surface area (Å²) in [5, 5.41) is 14.6. The van der Waals surface area contributed by atoms with E-state index in [1.54, 1.807) is 27.7 Å². The van der Waals surface area contributed by atoms with Crippen LogP contribution in [0.2, 0.25) is 0 Å². The van der Waals surface area contributed by atoms with Crippen LogP contribution in [-0.2, 0) is 9.59 Å². The Morgan fingerprint density at radius 2 is 1.74 bits per heavy atom. The topological polar surface area (TPSA) is 78.4 Å². The van der Waals surface area contributed by atoms with E-state index >= 15 is 0 Å². The van der Waals surface area contributed by atoms with Crippen molar-refractivity contribution < 1.29 is 14.7 Å². The second kappa shape index (κ2) is 7.75. The first-order valence-corrected chi connectivity index (χ1v) is 7.67. The molecule has 0 spiro atoms. The molecule has 0 aliphatic rings. The van der Waals surface area contributed by atoms with Crippen LogP contribution in [0.3, 0.4) is 0 Å². The molecule has 0 aliphatic heterocycles. The molecule has 3 atom stereocenters. The minimum Gasteiger partial charge on any atom is -0.395 e. The standard InChI is InChI=1S/C13H26N2O3S/c1-8(10(7-16)19-6)14-11(17)9(2)15-12(18)13(3,4)5/h8-10,16H,7H2,1-6H3,(H,14,17)(H,15,18). The third-order valence-electron chi connectivity index (χ3n) is 2.83. The van der Waals surface area contributed by atoms with Gasteiger partial charge in [-0.3, -0.25) is 9.59 Å². The number of aliphatic hydroxyl groups is 1. The summed E-state index contributed by atoms with van der Waals surface area (Å²) in [6.07, 6.45) is 1.88. The largest absolute Gasteiger partial charge is 0.395 e. The lowest BCUT2D eigenvalue weighted by molar-refractivity contribution is -0.133. The number of nitrogens with one attached hydrogen (secondary N) is 2. The quantitative estimate of drug-likeness (QED) is 0.675. The minimum absolute atomic E-state index is 0.00530. The highest BCUT2D eigenvalue weighted by Gasteiger charge is 2.26. The van der Waals surface area contributed by atoms with Gasteiger partial charge in [0, 0.05) is 16.7 Å². The molecule has 2 amide bonds. The first-order chi connectivity index (χ1) is 8.63. The van der Waals surface area contributed by atoms with Gasteiger partial charge in [-0.15, -0.1) is 0 Å². The number of thioether (sulfide) groups is 1. The smallest absolute Gasteiger partial charge is 0.242 e. The molecule has 0 bridgehead atoms. The van der Waals surface area contributed by atoms with Crippen LogP contribution in [0.5, 0.6) is 0 Å². The first kappa shape index (κ1) is 18.2. The Morgan fingerprint density at radius 3 is 2.11 bits per heavy atom. The van der Waals surface area contributed by atoms with E-state index in [1.165, 1.54) is 11.8 Å². The fraction of sp³-hybridized carbons (Fsp3) is 0.846. The van der Waals surface area contributed by atoms with E-state index in [-0.39, 0.29) is 29.7 Å². The van der Waals surface area contributed by atoms with Crippen LogP contribution >= 0.6 is 11.8 Å². The van der Waals surface area contributed by atoms with E-state index in [0.717, 1.165) is 0 Å². The van der Waals surface area contributed by atoms with Gasteiger partial charge in [0.25, 0.3) is 0 Å². The summed E-state index contributed by atoms with van der Waals surface area (Å²) in [6.45, 7) is 8.89. The lowest BCUT2D eigenvalue weighted by Gasteiger charge is -2.25. The maximum Gasteiger partial charge on any atom is 0.242 e. The van der Waals surface area contributed by atoms with Crippen molar-refractivity contribution in [3.8, 4) is 0 Å². The molecule has 0 saturated carbocycles. The molecule has 0 fully saturated rings. The normalized spacial score (nSPS) is 16.4. The molecule has 0 saturated heterocycles. The van der Waals surface area contributed by atoms with Crippen molar-refractivity contribution >= 4 is 23.6 Å². The molecule has 0 aliphatic carbocycles. The summed E-state index contributed by atoms with van der Waals surface area (Å²) < 4.78 is 0. The third kappa shape index (κ3) is 6.29. The highest BCUT2D eigenvalue weighted by Crippen LogP contribution is 2.13. The predicted octanol–water partition coefficient (Wildman–Crippen LogP) is 0.766. The Morgan fingerprint density at radius 1 is 1.21 bits per heavy atom. The summed E-state index contributed by atoms with van der Waals surface area (Å²) in [6, 6.07) is -0.739. The van der Waals surface area contributed by atoms with E-state index in [9.17, 15) is 9.59 Å². The van der Waals surface area contributed by atoms with Crippen molar-refractivity contribution in [1.29, 1.82) is 0 Å². The highest BCUT2D eigenvalue weighted by molar-refractivity contribution is 7.99. The van der Waals surface area contributed by atoms with Gasteiger partial charge in [-0.2, -0.15) is 11.8 Å². The van der Waals surface area contributed by atoms with Crippen LogP contribution in [0.1, 0.15) is 34.6 Å². The molecule has 0 heterocycles. The van der Waals surface area contributed by atoms with Crippen molar-refractivity contribution in [2.75, 3.05) is 12.9 Å². The lowest BCUT2D eigenvalue weighted by atomic mass is 9.95. The average molecular weight is 290 g/mol. The van der Waals surface area contributed by atoms with E-state index < -0.39 is 11.5 Å². The van der Waals surface area contributed by atoms with Crippen molar-refractivity contribution in [3.05, 3.63) is 0 Å². The molecule has 3 N–H and O–H groups in total. The van der Waals surface area contributed by atoms with E-state index in [0.29, 0.717) is 0 Å². The maximum absolute atomic E-state index is 11.9. The molecule has 0 aromatic carbocycles. The molecule has 3 unspecified atom stereocenters. The summed E-state index contributed by atoms with van der Waals surface area (Å²) in [4.78, 5) is 23.7. The zero-order chi connectivity index (χ0) is 15.2. The number of hydrogen-bond donors (Lipinski definition) is 3. The lowest BCUT2D eigenvalue weighted by Crippen LogP contribution is -2.52. The predicted molar refractivity (Wildman–Crippen MR) is 79.1 cm³/mol.